The van der Waals surface area contributed by atoms with Crippen LogP contribution in [0.3, 0.4) is 0 Å². The zero-order valence-corrected chi connectivity index (χ0v) is 16.9. The number of carbonyl (C=O) groups is 2. The second-order valence-electron chi connectivity index (χ2n) is 7.34. The highest BCUT2D eigenvalue weighted by Gasteiger charge is 2.37. The Morgan fingerprint density at radius 3 is 1.73 bits per heavy atom. The van der Waals surface area contributed by atoms with Gasteiger partial charge in [-0.1, -0.05) is 84.5 Å². The van der Waals surface area contributed by atoms with E-state index in [0.29, 0.717) is 12.8 Å². The highest BCUT2D eigenvalue weighted by molar-refractivity contribution is 5.90. The van der Waals surface area contributed by atoms with Crippen LogP contribution in [-0.2, 0) is 14.3 Å². The summed E-state index contributed by atoms with van der Waals surface area (Å²) in [7, 11) is 0. The maximum Gasteiger partial charge on any atom is 0.348 e. The summed E-state index contributed by atoms with van der Waals surface area (Å²) < 4.78 is 4.75. The second-order valence-corrected chi connectivity index (χ2v) is 7.34. The van der Waals surface area contributed by atoms with Gasteiger partial charge < -0.3 is 14.9 Å². The molecule has 1 atom stereocenters. The maximum atomic E-state index is 12.0. The van der Waals surface area contributed by atoms with Gasteiger partial charge >= 0.3 is 11.9 Å². The normalized spacial score (nSPS) is 13.4. The van der Waals surface area contributed by atoms with E-state index in [1.807, 2.05) is 0 Å². The van der Waals surface area contributed by atoms with Crippen molar-refractivity contribution < 1.29 is 24.5 Å². The number of carbonyl (C=O) groups excluding carboxylic acids is 2. The molecule has 0 aliphatic rings. The molecule has 0 fully saturated rings. The number of aliphatic hydroxyl groups is 2. The van der Waals surface area contributed by atoms with Crippen LogP contribution in [0.15, 0.2) is 0 Å². The Balaban J connectivity index is 3.97. The lowest BCUT2D eigenvalue weighted by molar-refractivity contribution is -0.178. The molecule has 154 valence electrons. The van der Waals surface area contributed by atoms with E-state index in [9.17, 15) is 19.8 Å². The summed E-state index contributed by atoms with van der Waals surface area (Å²) in [6.07, 6.45) is 13.9. The molecule has 0 aromatic heterocycles. The number of esters is 2. The first-order valence-corrected chi connectivity index (χ1v) is 10.6. The van der Waals surface area contributed by atoms with Gasteiger partial charge in [0.05, 0.1) is 6.61 Å². The highest BCUT2D eigenvalue weighted by Crippen LogP contribution is 2.19. The first-order valence-electron chi connectivity index (χ1n) is 10.6. The zero-order valence-electron chi connectivity index (χ0n) is 16.9. The van der Waals surface area contributed by atoms with Gasteiger partial charge in [-0.05, 0) is 19.3 Å². The lowest BCUT2D eigenvalue weighted by Gasteiger charge is -2.23. The van der Waals surface area contributed by atoms with E-state index in [4.69, 9.17) is 4.74 Å². The molecule has 5 heteroatoms. The fraction of sp³-hybridized carbons (Fsp3) is 0.905. The van der Waals surface area contributed by atoms with Crippen molar-refractivity contribution in [3.05, 3.63) is 0 Å². The molecule has 0 amide bonds. The van der Waals surface area contributed by atoms with Crippen molar-refractivity contribution >= 4 is 11.9 Å². The number of ether oxygens (including phenoxy) is 1. The van der Waals surface area contributed by atoms with Gasteiger partial charge in [-0.25, -0.2) is 4.79 Å². The Bertz CT molecular complexity index is 369. The van der Waals surface area contributed by atoms with E-state index in [1.54, 1.807) is 0 Å². The van der Waals surface area contributed by atoms with Crippen molar-refractivity contribution in [2.75, 3.05) is 6.61 Å². The molecule has 0 bridgehead atoms. The predicted octanol–water partition coefficient (Wildman–Crippen LogP) is 4.67. The zero-order chi connectivity index (χ0) is 19.7. The number of aliphatic hydroxyl groups excluding tert-OH is 1. The number of hydrogen-bond acceptors (Lipinski definition) is 5. The molecule has 0 aromatic rings. The molecule has 2 N–H and O–H groups in total. The largest absolute Gasteiger partial charge is 0.393 e. The van der Waals surface area contributed by atoms with E-state index >= 15 is 0 Å². The second kappa shape index (κ2) is 16.2. The third-order valence-corrected chi connectivity index (χ3v) is 4.78. The van der Waals surface area contributed by atoms with Crippen LogP contribution < -0.4 is 0 Å². The fourth-order valence-corrected chi connectivity index (χ4v) is 2.92. The number of unbranched alkanes of at least 4 members (excludes halogenated alkanes) is 11. The average molecular weight is 373 g/mol. The highest BCUT2D eigenvalue weighted by atomic mass is 16.6. The van der Waals surface area contributed by atoms with Crippen molar-refractivity contribution in [3.8, 4) is 0 Å². The van der Waals surface area contributed by atoms with E-state index in [0.717, 1.165) is 44.9 Å². The van der Waals surface area contributed by atoms with Crippen molar-refractivity contribution in [2.45, 2.75) is 116 Å². The van der Waals surface area contributed by atoms with Gasteiger partial charge in [0.15, 0.2) is 5.60 Å². The summed E-state index contributed by atoms with van der Waals surface area (Å²) in [5.41, 5.74) is -1.96. The van der Waals surface area contributed by atoms with Crippen LogP contribution in [-0.4, -0.2) is 34.4 Å². The van der Waals surface area contributed by atoms with Gasteiger partial charge in [0, 0.05) is 6.42 Å². The minimum Gasteiger partial charge on any atom is -0.393 e. The molecule has 0 heterocycles. The number of hydrogen-bond donors (Lipinski definition) is 2. The topological polar surface area (TPSA) is 83.8 Å². The Morgan fingerprint density at radius 1 is 0.769 bits per heavy atom. The smallest absolute Gasteiger partial charge is 0.348 e. The van der Waals surface area contributed by atoms with Gasteiger partial charge in [0.1, 0.15) is 0 Å². The molecular formula is C21H40O5. The Kier molecular flexibility index (Phi) is 15.7. The summed E-state index contributed by atoms with van der Waals surface area (Å²) in [6, 6.07) is 0. The van der Waals surface area contributed by atoms with Gasteiger partial charge in [0.2, 0.25) is 0 Å². The number of rotatable bonds is 17. The van der Waals surface area contributed by atoms with Crippen LogP contribution in [0.1, 0.15) is 110 Å². The van der Waals surface area contributed by atoms with Crippen LogP contribution in [0.2, 0.25) is 0 Å². The van der Waals surface area contributed by atoms with Gasteiger partial charge in [-0.3, -0.25) is 4.79 Å². The molecule has 5 nitrogen and oxygen atoms in total. The third kappa shape index (κ3) is 12.4. The third-order valence-electron chi connectivity index (χ3n) is 4.78. The molecule has 0 aromatic carbocycles. The van der Waals surface area contributed by atoms with Crippen molar-refractivity contribution in [1.82, 2.24) is 0 Å². The summed E-state index contributed by atoms with van der Waals surface area (Å²) in [5.74, 6) is -1.63. The molecule has 0 rings (SSSR count). The van der Waals surface area contributed by atoms with E-state index in [-0.39, 0.29) is 12.8 Å². The molecule has 0 saturated heterocycles. The molecule has 0 aliphatic carbocycles. The molecule has 1 unspecified atom stereocenters. The maximum absolute atomic E-state index is 12.0. The minimum absolute atomic E-state index is 0.126. The molecule has 0 radical (unpaired) electrons. The Labute approximate surface area is 159 Å². The molecule has 26 heavy (non-hydrogen) atoms. The van der Waals surface area contributed by atoms with Crippen LogP contribution in [0, 0.1) is 0 Å². The fourth-order valence-electron chi connectivity index (χ4n) is 2.92. The monoisotopic (exact) mass is 372 g/mol. The van der Waals surface area contributed by atoms with Gasteiger partial charge in [-0.15, -0.1) is 0 Å². The SMILES string of the molecule is CCCCCCCCCCC(O)(CO)C(=O)OC(=O)CCCCCCC. The lowest BCUT2D eigenvalue weighted by Crippen LogP contribution is -2.44. The summed E-state index contributed by atoms with van der Waals surface area (Å²) in [5, 5.41) is 19.7. The van der Waals surface area contributed by atoms with Crippen LogP contribution in [0.25, 0.3) is 0 Å². The summed E-state index contributed by atoms with van der Waals surface area (Å²) in [6.45, 7) is 3.59. The van der Waals surface area contributed by atoms with E-state index in [2.05, 4.69) is 13.8 Å². The summed E-state index contributed by atoms with van der Waals surface area (Å²) in [4.78, 5) is 23.7. The van der Waals surface area contributed by atoms with Crippen molar-refractivity contribution in [3.63, 3.8) is 0 Å². The molecular weight excluding hydrogens is 332 g/mol. The standard InChI is InChI=1S/C21H40O5/c1-3-5-7-9-10-11-13-15-17-21(25,18-22)20(24)26-19(23)16-14-12-8-6-4-2/h22,25H,3-18H2,1-2H3. The Hall–Kier alpha value is -0.940. The first kappa shape index (κ1) is 25.1. The van der Waals surface area contributed by atoms with Crippen molar-refractivity contribution in [1.29, 1.82) is 0 Å². The van der Waals surface area contributed by atoms with Crippen LogP contribution in [0.4, 0.5) is 0 Å². The van der Waals surface area contributed by atoms with Crippen LogP contribution >= 0.6 is 0 Å². The van der Waals surface area contributed by atoms with Gasteiger partial charge in [0.25, 0.3) is 0 Å². The van der Waals surface area contributed by atoms with E-state index < -0.39 is 24.1 Å². The predicted molar refractivity (Wildman–Crippen MR) is 104 cm³/mol. The summed E-state index contributed by atoms with van der Waals surface area (Å²) >= 11 is 0. The average Bonchev–Trinajstić information content (AvgIpc) is 2.63. The molecule has 0 aliphatic heterocycles. The van der Waals surface area contributed by atoms with Crippen LogP contribution in [0.5, 0.6) is 0 Å². The van der Waals surface area contributed by atoms with Gasteiger partial charge in [-0.2, -0.15) is 0 Å². The Morgan fingerprint density at radius 2 is 1.23 bits per heavy atom. The lowest BCUT2D eigenvalue weighted by atomic mass is 9.96. The first-order chi connectivity index (χ1) is 12.5. The minimum atomic E-state index is -1.96. The van der Waals surface area contributed by atoms with E-state index in [1.165, 1.54) is 25.7 Å². The molecule has 0 spiro atoms. The van der Waals surface area contributed by atoms with Crippen molar-refractivity contribution in [2.24, 2.45) is 0 Å². The quantitative estimate of drug-likeness (QED) is 0.220. The molecule has 0 saturated carbocycles.